The van der Waals surface area contributed by atoms with Crippen molar-refractivity contribution in [1.82, 2.24) is 0 Å². The number of hydrogen-bond acceptors (Lipinski definition) is 3. The molecule has 0 amide bonds. The van der Waals surface area contributed by atoms with Crippen LogP contribution in [0.1, 0.15) is 13.8 Å². The molecule has 4 heteroatoms. The van der Waals surface area contributed by atoms with Crippen LogP contribution in [-0.4, -0.2) is 25.7 Å². The maximum absolute atomic E-state index is 11.1. The van der Waals surface area contributed by atoms with Crippen molar-refractivity contribution < 1.29 is 13.2 Å². The lowest BCUT2D eigenvalue weighted by Gasteiger charge is -2.22. The van der Waals surface area contributed by atoms with Gasteiger partial charge in [0.25, 0.3) is 0 Å². The Morgan fingerprint density at radius 1 is 1.18 bits per heavy atom. The molecule has 0 aliphatic carbocycles. The van der Waals surface area contributed by atoms with Crippen molar-refractivity contribution in [3.05, 3.63) is 0 Å². The molecule has 1 heterocycles. The van der Waals surface area contributed by atoms with Gasteiger partial charge in [-0.15, -0.1) is 0 Å². The topological polar surface area (TPSA) is 51.2 Å². The lowest BCUT2D eigenvalue weighted by atomic mass is 9.98. The second-order valence-electron chi connectivity index (χ2n) is 3.28. The molecule has 1 fully saturated rings. The summed E-state index contributed by atoms with van der Waals surface area (Å²) in [6.45, 7) is 3.35. The van der Waals surface area contributed by atoms with Gasteiger partial charge in [0, 0.05) is 11.8 Å². The molecular weight excluding hydrogens is 164 g/mol. The molecule has 0 unspecified atom stereocenters. The summed E-state index contributed by atoms with van der Waals surface area (Å²) in [4.78, 5) is 11.1. The van der Waals surface area contributed by atoms with Gasteiger partial charge in [-0.3, -0.25) is 4.79 Å². The number of carbonyl (C=O) groups is 1. The third kappa shape index (κ3) is 1.80. The number of carbonyl (C=O) groups excluding carboxylic acids is 1. The molecular formula is C7H12O3S. The van der Waals surface area contributed by atoms with Crippen molar-refractivity contribution in [3.63, 3.8) is 0 Å². The van der Waals surface area contributed by atoms with Gasteiger partial charge in [-0.1, -0.05) is 13.8 Å². The zero-order chi connectivity index (χ0) is 8.65. The SMILES string of the molecule is C[C@@H]1CS(=O)(=O)C[C@@H](C)C1=O. The highest BCUT2D eigenvalue weighted by Crippen LogP contribution is 2.18. The molecule has 0 saturated carbocycles. The Kier molecular flexibility index (Phi) is 2.05. The van der Waals surface area contributed by atoms with Crippen molar-refractivity contribution in [2.45, 2.75) is 13.8 Å². The minimum Gasteiger partial charge on any atom is -0.299 e. The fraction of sp³-hybridized carbons (Fsp3) is 0.857. The normalized spacial score (nSPS) is 37.1. The van der Waals surface area contributed by atoms with Gasteiger partial charge in [-0.2, -0.15) is 0 Å². The quantitative estimate of drug-likeness (QED) is 0.532. The fourth-order valence-electron chi connectivity index (χ4n) is 1.48. The molecule has 0 aromatic rings. The first-order valence-electron chi connectivity index (χ1n) is 3.66. The second-order valence-corrected chi connectivity index (χ2v) is 5.44. The summed E-state index contributed by atoms with van der Waals surface area (Å²) in [5.41, 5.74) is 0. The van der Waals surface area contributed by atoms with Crippen molar-refractivity contribution in [1.29, 1.82) is 0 Å². The molecule has 2 atom stereocenters. The minimum absolute atomic E-state index is 0.0379. The highest BCUT2D eigenvalue weighted by atomic mass is 32.2. The first kappa shape index (κ1) is 8.71. The van der Waals surface area contributed by atoms with Crippen molar-refractivity contribution in [2.24, 2.45) is 11.8 Å². The van der Waals surface area contributed by atoms with E-state index >= 15 is 0 Å². The average molecular weight is 176 g/mol. The minimum atomic E-state index is -2.93. The molecule has 1 aliphatic heterocycles. The molecule has 0 aromatic heterocycles. The molecule has 0 radical (unpaired) electrons. The van der Waals surface area contributed by atoms with Crippen LogP contribution in [0.5, 0.6) is 0 Å². The molecule has 0 N–H and O–H groups in total. The van der Waals surface area contributed by atoms with E-state index in [-0.39, 0.29) is 29.1 Å². The largest absolute Gasteiger partial charge is 0.299 e. The van der Waals surface area contributed by atoms with Gasteiger partial charge in [0.15, 0.2) is 9.84 Å². The van der Waals surface area contributed by atoms with Gasteiger partial charge in [0.05, 0.1) is 11.5 Å². The Balaban J connectivity index is 2.87. The average Bonchev–Trinajstić information content (AvgIpc) is 1.81. The van der Waals surface area contributed by atoms with Crippen LogP contribution < -0.4 is 0 Å². The van der Waals surface area contributed by atoms with Crippen molar-refractivity contribution in [2.75, 3.05) is 11.5 Å². The highest BCUT2D eigenvalue weighted by Gasteiger charge is 2.33. The number of sulfone groups is 1. The zero-order valence-electron chi connectivity index (χ0n) is 6.70. The van der Waals surface area contributed by atoms with Gasteiger partial charge in [-0.05, 0) is 0 Å². The predicted molar refractivity (Wildman–Crippen MR) is 42.0 cm³/mol. The van der Waals surface area contributed by atoms with Gasteiger partial charge in [0.2, 0.25) is 0 Å². The summed E-state index contributed by atoms with van der Waals surface area (Å²) >= 11 is 0. The van der Waals surface area contributed by atoms with E-state index in [0.717, 1.165) is 0 Å². The Morgan fingerprint density at radius 2 is 1.55 bits per heavy atom. The molecule has 1 saturated heterocycles. The van der Waals surface area contributed by atoms with Crippen LogP contribution in [0, 0.1) is 11.8 Å². The fourth-order valence-corrected chi connectivity index (χ4v) is 3.47. The molecule has 1 aliphatic rings. The second kappa shape index (κ2) is 2.59. The number of ketones is 1. The lowest BCUT2D eigenvalue weighted by Crippen LogP contribution is -2.37. The van der Waals surface area contributed by atoms with Crippen molar-refractivity contribution in [3.8, 4) is 0 Å². The van der Waals surface area contributed by atoms with Gasteiger partial charge >= 0.3 is 0 Å². The lowest BCUT2D eigenvalue weighted by molar-refractivity contribution is -0.124. The molecule has 0 spiro atoms. The number of hydrogen-bond donors (Lipinski definition) is 0. The maximum Gasteiger partial charge on any atom is 0.151 e. The standard InChI is InChI=1S/C7H12O3S/c1-5-3-11(9,10)4-6(2)7(5)8/h5-6H,3-4H2,1-2H3/t5-,6-/m1/s1. The van der Waals surface area contributed by atoms with Crippen LogP contribution in [-0.2, 0) is 14.6 Å². The third-order valence-electron chi connectivity index (χ3n) is 1.98. The van der Waals surface area contributed by atoms with Crippen LogP contribution in [0.3, 0.4) is 0 Å². The molecule has 11 heavy (non-hydrogen) atoms. The molecule has 0 bridgehead atoms. The monoisotopic (exact) mass is 176 g/mol. The van der Waals surface area contributed by atoms with Crippen LogP contribution in [0.4, 0.5) is 0 Å². The summed E-state index contributed by atoms with van der Waals surface area (Å²) in [6.07, 6.45) is 0. The molecule has 64 valence electrons. The van der Waals surface area contributed by atoms with E-state index in [1.807, 2.05) is 0 Å². The maximum atomic E-state index is 11.1. The van der Waals surface area contributed by atoms with E-state index in [9.17, 15) is 13.2 Å². The summed E-state index contributed by atoms with van der Waals surface area (Å²) < 4.78 is 22.1. The Bertz CT molecular complexity index is 245. The Hall–Kier alpha value is -0.380. The molecule has 3 nitrogen and oxygen atoms in total. The van der Waals surface area contributed by atoms with Crippen LogP contribution in [0.25, 0.3) is 0 Å². The third-order valence-corrected chi connectivity index (χ3v) is 4.00. The smallest absolute Gasteiger partial charge is 0.151 e. The van der Waals surface area contributed by atoms with E-state index < -0.39 is 9.84 Å². The molecule has 0 aromatic carbocycles. The summed E-state index contributed by atoms with van der Waals surface area (Å²) in [5.74, 6) is -0.445. The van der Waals surface area contributed by atoms with Crippen LogP contribution in [0.15, 0.2) is 0 Å². The van der Waals surface area contributed by atoms with E-state index in [1.54, 1.807) is 13.8 Å². The summed E-state index contributed by atoms with van der Waals surface area (Å²) in [6, 6.07) is 0. The number of rotatable bonds is 0. The summed E-state index contributed by atoms with van der Waals surface area (Å²) in [7, 11) is -2.93. The van der Waals surface area contributed by atoms with E-state index in [2.05, 4.69) is 0 Å². The van der Waals surface area contributed by atoms with E-state index in [1.165, 1.54) is 0 Å². The Labute approximate surface area is 66.7 Å². The van der Waals surface area contributed by atoms with E-state index in [4.69, 9.17) is 0 Å². The predicted octanol–water partition coefficient (Wildman–Crippen LogP) is 0.256. The summed E-state index contributed by atoms with van der Waals surface area (Å²) in [5, 5.41) is 0. The van der Waals surface area contributed by atoms with Crippen LogP contribution >= 0.6 is 0 Å². The number of Topliss-reactive ketones (excluding diaryl/α,β-unsaturated/α-hetero) is 1. The highest BCUT2D eigenvalue weighted by molar-refractivity contribution is 7.91. The molecule has 1 rings (SSSR count). The zero-order valence-corrected chi connectivity index (χ0v) is 7.52. The first-order valence-corrected chi connectivity index (χ1v) is 5.48. The van der Waals surface area contributed by atoms with Crippen molar-refractivity contribution >= 4 is 15.6 Å². The van der Waals surface area contributed by atoms with Gasteiger partial charge in [-0.25, -0.2) is 8.42 Å². The Morgan fingerprint density at radius 3 is 1.91 bits per heavy atom. The van der Waals surface area contributed by atoms with Crippen LogP contribution in [0.2, 0.25) is 0 Å². The van der Waals surface area contributed by atoms with E-state index in [0.29, 0.717) is 0 Å². The van der Waals surface area contributed by atoms with Gasteiger partial charge in [0.1, 0.15) is 5.78 Å². The van der Waals surface area contributed by atoms with Gasteiger partial charge < -0.3 is 0 Å². The first-order chi connectivity index (χ1) is 4.92.